The Labute approximate surface area is 52.2 Å². The Hall–Kier alpha value is -0.0800. The van der Waals surface area contributed by atoms with Crippen molar-refractivity contribution >= 4 is 0 Å². The predicted molar refractivity (Wildman–Crippen MR) is 38.6 cm³/mol. The first kappa shape index (κ1) is 10.8. The molecule has 0 rings (SSSR count). The van der Waals surface area contributed by atoms with Crippen LogP contribution in [0, 0.1) is 5.92 Å². The molecule has 0 aliphatic heterocycles. The summed E-state index contributed by atoms with van der Waals surface area (Å²) in [6.45, 7) is 3.56. The van der Waals surface area contributed by atoms with Crippen LogP contribution >= 0.6 is 0 Å². The van der Waals surface area contributed by atoms with E-state index in [1.165, 1.54) is 0 Å². The predicted octanol–water partition coefficient (Wildman–Crippen LogP) is 0.566. The molecule has 0 radical (unpaired) electrons. The molecule has 0 aliphatic carbocycles. The van der Waals surface area contributed by atoms with Gasteiger partial charge < -0.3 is 11.5 Å². The fraction of sp³-hybridized carbons (Fsp3) is 1.00. The summed E-state index contributed by atoms with van der Waals surface area (Å²) in [4.78, 5) is 0. The molecule has 0 fully saturated rings. The third-order valence-electron chi connectivity index (χ3n) is 1.24. The van der Waals surface area contributed by atoms with E-state index in [1.807, 2.05) is 0 Å². The third kappa shape index (κ3) is 4.09. The van der Waals surface area contributed by atoms with Crippen molar-refractivity contribution in [1.82, 2.24) is 0 Å². The SMILES string of the molecule is C.CCC(CN)CN. The lowest BCUT2D eigenvalue weighted by Crippen LogP contribution is -2.21. The normalized spacial score (nSPS) is 9.00. The first-order valence-corrected chi connectivity index (χ1v) is 2.75. The van der Waals surface area contributed by atoms with Crippen LogP contribution in [-0.2, 0) is 0 Å². The minimum absolute atomic E-state index is 0. The number of nitrogens with two attached hydrogens (primary N) is 2. The van der Waals surface area contributed by atoms with Gasteiger partial charge >= 0.3 is 0 Å². The monoisotopic (exact) mass is 118 g/mol. The molecule has 0 unspecified atom stereocenters. The molecule has 4 N–H and O–H groups in total. The average molecular weight is 118 g/mol. The van der Waals surface area contributed by atoms with Crippen molar-refractivity contribution in [3.8, 4) is 0 Å². The fourth-order valence-corrected chi connectivity index (χ4v) is 0.430. The van der Waals surface area contributed by atoms with Gasteiger partial charge in [0, 0.05) is 0 Å². The molecule has 0 saturated heterocycles. The van der Waals surface area contributed by atoms with E-state index < -0.39 is 0 Å². The van der Waals surface area contributed by atoms with Crippen molar-refractivity contribution in [2.45, 2.75) is 20.8 Å². The molecule has 0 aromatic heterocycles. The maximum absolute atomic E-state index is 5.31. The van der Waals surface area contributed by atoms with Crippen molar-refractivity contribution in [3.05, 3.63) is 0 Å². The Morgan fingerprint density at radius 3 is 1.62 bits per heavy atom. The lowest BCUT2D eigenvalue weighted by molar-refractivity contribution is 0.533. The molecular formula is C6H18N2. The van der Waals surface area contributed by atoms with Crippen LogP contribution in [0.4, 0.5) is 0 Å². The molecule has 2 nitrogen and oxygen atoms in total. The first-order valence-electron chi connectivity index (χ1n) is 2.75. The highest BCUT2D eigenvalue weighted by Crippen LogP contribution is 1.93. The highest BCUT2D eigenvalue weighted by Gasteiger charge is 1.96. The average Bonchev–Trinajstić information content (AvgIpc) is 1.72. The van der Waals surface area contributed by atoms with Crippen molar-refractivity contribution in [3.63, 3.8) is 0 Å². The number of hydrogen-bond donors (Lipinski definition) is 2. The lowest BCUT2D eigenvalue weighted by atomic mass is 10.1. The maximum Gasteiger partial charge on any atom is -0.00369 e. The summed E-state index contributed by atoms with van der Waals surface area (Å²) in [5.74, 6) is 0.542. The second-order valence-corrected chi connectivity index (χ2v) is 1.75. The molecule has 0 amide bonds. The molecule has 0 saturated carbocycles. The molecule has 0 spiro atoms. The Balaban J connectivity index is 0. The van der Waals surface area contributed by atoms with Crippen LogP contribution in [0.5, 0.6) is 0 Å². The fourth-order valence-electron chi connectivity index (χ4n) is 0.430. The summed E-state index contributed by atoms with van der Waals surface area (Å²) in [6.07, 6.45) is 1.10. The smallest absolute Gasteiger partial charge is 0.00369 e. The van der Waals surface area contributed by atoms with Crippen molar-refractivity contribution < 1.29 is 0 Å². The zero-order chi connectivity index (χ0) is 5.70. The molecule has 0 heterocycles. The van der Waals surface area contributed by atoms with Crippen molar-refractivity contribution in [2.24, 2.45) is 17.4 Å². The van der Waals surface area contributed by atoms with Crippen LogP contribution in [0.1, 0.15) is 20.8 Å². The first-order chi connectivity index (χ1) is 3.35. The van der Waals surface area contributed by atoms with E-state index in [0.29, 0.717) is 5.92 Å². The summed E-state index contributed by atoms with van der Waals surface area (Å²) in [7, 11) is 0. The highest BCUT2D eigenvalue weighted by molar-refractivity contribution is 4.55. The second-order valence-electron chi connectivity index (χ2n) is 1.75. The quantitative estimate of drug-likeness (QED) is 0.569. The molecule has 0 aromatic rings. The van der Waals surface area contributed by atoms with E-state index in [9.17, 15) is 0 Å². The van der Waals surface area contributed by atoms with Gasteiger partial charge in [-0.3, -0.25) is 0 Å². The Bertz CT molecular complexity index is 28.0. The van der Waals surface area contributed by atoms with Crippen LogP contribution < -0.4 is 11.5 Å². The summed E-state index contributed by atoms with van der Waals surface area (Å²) in [5.41, 5.74) is 10.6. The van der Waals surface area contributed by atoms with Gasteiger partial charge in [0.2, 0.25) is 0 Å². The summed E-state index contributed by atoms with van der Waals surface area (Å²) < 4.78 is 0. The van der Waals surface area contributed by atoms with Gasteiger partial charge in [0.15, 0.2) is 0 Å². The van der Waals surface area contributed by atoms with Crippen LogP contribution in [0.25, 0.3) is 0 Å². The zero-order valence-corrected chi connectivity index (χ0v) is 4.85. The van der Waals surface area contributed by atoms with Crippen molar-refractivity contribution in [2.75, 3.05) is 13.1 Å². The Kier molecular flexibility index (Phi) is 9.36. The van der Waals surface area contributed by atoms with Gasteiger partial charge in [0.05, 0.1) is 0 Å². The van der Waals surface area contributed by atoms with Crippen LogP contribution in [-0.4, -0.2) is 13.1 Å². The van der Waals surface area contributed by atoms with E-state index in [4.69, 9.17) is 11.5 Å². The standard InChI is InChI=1S/C5H14N2.CH4/c1-2-5(3-6)4-7;/h5H,2-4,6-7H2,1H3;1H4. The Morgan fingerprint density at radius 1 is 1.25 bits per heavy atom. The largest absolute Gasteiger partial charge is 0.330 e. The maximum atomic E-state index is 5.31. The second kappa shape index (κ2) is 6.92. The van der Waals surface area contributed by atoms with E-state index in [2.05, 4.69) is 6.92 Å². The molecule has 0 bridgehead atoms. The van der Waals surface area contributed by atoms with Crippen LogP contribution in [0.15, 0.2) is 0 Å². The molecular weight excluding hydrogens is 100 g/mol. The molecule has 0 aromatic carbocycles. The minimum atomic E-state index is 0. The van der Waals surface area contributed by atoms with E-state index >= 15 is 0 Å². The topological polar surface area (TPSA) is 52.0 Å². The minimum Gasteiger partial charge on any atom is -0.330 e. The zero-order valence-electron chi connectivity index (χ0n) is 4.85. The molecule has 0 atom stereocenters. The molecule has 2 heteroatoms. The summed E-state index contributed by atoms with van der Waals surface area (Å²) >= 11 is 0. The van der Waals surface area contributed by atoms with Gasteiger partial charge in [-0.2, -0.15) is 0 Å². The van der Waals surface area contributed by atoms with E-state index in [0.717, 1.165) is 19.5 Å². The van der Waals surface area contributed by atoms with Crippen LogP contribution in [0.3, 0.4) is 0 Å². The summed E-state index contributed by atoms with van der Waals surface area (Å²) in [5, 5.41) is 0. The number of rotatable bonds is 3. The van der Waals surface area contributed by atoms with Gasteiger partial charge in [0.1, 0.15) is 0 Å². The Morgan fingerprint density at radius 2 is 1.62 bits per heavy atom. The van der Waals surface area contributed by atoms with E-state index in [-0.39, 0.29) is 7.43 Å². The van der Waals surface area contributed by atoms with Gasteiger partial charge in [-0.1, -0.05) is 20.8 Å². The highest BCUT2D eigenvalue weighted by atomic mass is 14.6. The van der Waals surface area contributed by atoms with Gasteiger partial charge in [-0.05, 0) is 19.0 Å². The van der Waals surface area contributed by atoms with E-state index in [1.54, 1.807) is 0 Å². The number of hydrogen-bond acceptors (Lipinski definition) is 2. The molecule has 0 aliphatic rings. The third-order valence-corrected chi connectivity index (χ3v) is 1.24. The lowest BCUT2D eigenvalue weighted by Gasteiger charge is -2.05. The summed E-state index contributed by atoms with van der Waals surface area (Å²) in [6, 6.07) is 0. The van der Waals surface area contributed by atoms with Gasteiger partial charge in [0.25, 0.3) is 0 Å². The molecule has 8 heavy (non-hydrogen) atoms. The van der Waals surface area contributed by atoms with Crippen molar-refractivity contribution in [1.29, 1.82) is 0 Å². The molecule has 52 valence electrons. The van der Waals surface area contributed by atoms with Gasteiger partial charge in [-0.25, -0.2) is 0 Å². The van der Waals surface area contributed by atoms with Crippen LogP contribution in [0.2, 0.25) is 0 Å². The van der Waals surface area contributed by atoms with Gasteiger partial charge in [-0.15, -0.1) is 0 Å².